The van der Waals surface area contributed by atoms with Crippen molar-refractivity contribution in [2.45, 2.75) is 18.3 Å². The van der Waals surface area contributed by atoms with Crippen LogP contribution in [0.3, 0.4) is 0 Å². The Labute approximate surface area is 104 Å². The highest BCUT2D eigenvalue weighted by atomic mass is 79.9. The van der Waals surface area contributed by atoms with Crippen molar-refractivity contribution in [3.05, 3.63) is 22.2 Å². The van der Waals surface area contributed by atoms with Gasteiger partial charge in [0.05, 0.1) is 14.2 Å². The van der Waals surface area contributed by atoms with Crippen LogP contribution in [0.2, 0.25) is 0 Å². The highest BCUT2D eigenvalue weighted by Crippen LogP contribution is 2.50. The van der Waals surface area contributed by atoms with Crippen LogP contribution in [0, 0.1) is 0 Å². The maximum Gasteiger partial charge on any atom is 0.137 e. The van der Waals surface area contributed by atoms with Gasteiger partial charge in [0.2, 0.25) is 0 Å². The van der Waals surface area contributed by atoms with E-state index >= 15 is 0 Å². The minimum absolute atomic E-state index is 0.154. The van der Waals surface area contributed by atoms with E-state index in [4.69, 9.17) is 15.2 Å². The number of nitrogens with two attached hydrogens (primary N) is 1. The van der Waals surface area contributed by atoms with E-state index in [2.05, 4.69) is 15.9 Å². The second kappa shape index (κ2) is 4.26. The molecule has 1 aromatic carbocycles. The molecule has 2 rings (SSSR count). The molecule has 0 aromatic heterocycles. The molecule has 16 heavy (non-hydrogen) atoms. The summed E-state index contributed by atoms with van der Waals surface area (Å²) >= 11 is 3.46. The summed E-state index contributed by atoms with van der Waals surface area (Å²) in [7, 11) is 3.32. The first-order chi connectivity index (χ1) is 7.66. The first-order valence-electron chi connectivity index (χ1n) is 5.29. The molecule has 3 nitrogen and oxygen atoms in total. The average Bonchev–Trinajstić information content (AvgIpc) is 3.10. The van der Waals surface area contributed by atoms with Gasteiger partial charge >= 0.3 is 0 Å². The third-order valence-corrected chi connectivity index (χ3v) is 4.08. The Hall–Kier alpha value is -0.740. The Morgan fingerprint density at radius 2 is 1.75 bits per heavy atom. The first kappa shape index (κ1) is 11.7. The summed E-state index contributed by atoms with van der Waals surface area (Å²) < 4.78 is 11.5. The normalized spacial score (nSPS) is 17.0. The fourth-order valence-electron chi connectivity index (χ4n) is 1.94. The maximum atomic E-state index is 5.83. The van der Waals surface area contributed by atoms with Gasteiger partial charge in [0.15, 0.2) is 0 Å². The zero-order valence-corrected chi connectivity index (χ0v) is 11.1. The summed E-state index contributed by atoms with van der Waals surface area (Å²) in [5.74, 6) is 1.60. The molecule has 1 aromatic rings. The molecule has 1 aliphatic rings. The molecule has 1 aliphatic carbocycles. The quantitative estimate of drug-likeness (QED) is 0.924. The molecule has 0 spiro atoms. The Morgan fingerprint density at radius 1 is 1.25 bits per heavy atom. The average molecular weight is 286 g/mol. The molecule has 1 saturated carbocycles. The SMILES string of the molecule is COc1cc(C2(CN)CC2)cc(OC)c1Br. The van der Waals surface area contributed by atoms with Crippen molar-refractivity contribution in [3.8, 4) is 11.5 Å². The first-order valence-corrected chi connectivity index (χ1v) is 6.08. The van der Waals surface area contributed by atoms with Gasteiger partial charge in [-0.3, -0.25) is 0 Å². The highest BCUT2D eigenvalue weighted by Gasteiger charge is 2.43. The third kappa shape index (κ3) is 1.80. The number of benzene rings is 1. The van der Waals surface area contributed by atoms with E-state index in [1.807, 2.05) is 12.1 Å². The lowest BCUT2D eigenvalue weighted by molar-refractivity contribution is 0.387. The zero-order valence-electron chi connectivity index (χ0n) is 9.55. The lowest BCUT2D eigenvalue weighted by Crippen LogP contribution is -2.19. The summed E-state index contributed by atoms with van der Waals surface area (Å²) in [5.41, 5.74) is 7.20. The van der Waals surface area contributed by atoms with Crippen molar-refractivity contribution in [1.82, 2.24) is 0 Å². The predicted molar refractivity (Wildman–Crippen MR) is 67.2 cm³/mol. The molecule has 2 N–H and O–H groups in total. The van der Waals surface area contributed by atoms with Crippen LogP contribution in [0.25, 0.3) is 0 Å². The van der Waals surface area contributed by atoms with E-state index in [0.717, 1.165) is 28.8 Å². The van der Waals surface area contributed by atoms with Crippen molar-refractivity contribution >= 4 is 15.9 Å². The van der Waals surface area contributed by atoms with Gasteiger partial charge in [-0.1, -0.05) is 0 Å². The molecule has 0 saturated heterocycles. The fraction of sp³-hybridized carbons (Fsp3) is 0.500. The van der Waals surface area contributed by atoms with E-state index in [9.17, 15) is 0 Å². The van der Waals surface area contributed by atoms with Crippen LogP contribution in [-0.2, 0) is 5.41 Å². The van der Waals surface area contributed by atoms with Gasteiger partial charge in [-0.2, -0.15) is 0 Å². The van der Waals surface area contributed by atoms with E-state index in [-0.39, 0.29) is 5.41 Å². The molecule has 0 aliphatic heterocycles. The van der Waals surface area contributed by atoms with Crippen molar-refractivity contribution < 1.29 is 9.47 Å². The van der Waals surface area contributed by atoms with Gasteiger partial charge in [0, 0.05) is 12.0 Å². The topological polar surface area (TPSA) is 44.5 Å². The molecule has 1 fully saturated rings. The van der Waals surface area contributed by atoms with Crippen molar-refractivity contribution in [2.75, 3.05) is 20.8 Å². The molecular formula is C12H16BrNO2. The van der Waals surface area contributed by atoms with Crippen LogP contribution < -0.4 is 15.2 Å². The Morgan fingerprint density at radius 3 is 2.06 bits per heavy atom. The third-order valence-electron chi connectivity index (χ3n) is 3.30. The predicted octanol–water partition coefficient (Wildman–Crippen LogP) is 2.46. The van der Waals surface area contributed by atoms with Crippen LogP contribution in [-0.4, -0.2) is 20.8 Å². The Balaban J connectivity index is 2.47. The molecule has 0 radical (unpaired) electrons. The van der Waals surface area contributed by atoms with E-state index in [0.29, 0.717) is 6.54 Å². The standard InChI is InChI=1S/C12H16BrNO2/c1-15-9-5-8(12(7-14)3-4-12)6-10(16-2)11(9)13/h5-6H,3-4,7,14H2,1-2H3. The van der Waals surface area contributed by atoms with Crippen molar-refractivity contribution in [2.24, 2.45) is 5.73 Å². The van der Waals surface area contributed by atoms with Gasteiger partial charge in [-0.15, -0.1) is 0 Å². The molecule has 0 atom stereocenters. The molecule has 4 heteroatoms. The summed E-state index contributed by atoms with van der Waals surface area (Å²) in [6.45, 7) is 0.681. The van der Waals surface area contributed by atoms with Crippen LogP contribution >= 0.6 is 15.9 Å². The number of halogens is 1. The van der Waals surface area contributed by atoms with E-state index < -0.39 is 0 Å². The van der Waals surface area contributed by atoms with Gasteiger partial charge < -0.3 is 15.2 Å². The van der Waals surface area contributed by atoms with Gasteiger partial charge in [0.25, 0.3) is 0 Å². The summed E-state index contributed by atoms with van der Waals surface area (Å²) in [4.78, 5) is 0. The molecule has 88 valence electrons. The Kier molecular flexibility index (Phi) is 3.13. The van der Waals surface area contributed by atoms with E-state index in [1.165, 1.54) is 5.56 Å². The van der Waals surface area contributed by atoms with E-state index in [1.54, 1.807) is 14.2 Å². The second-order valence-electron chi connectivity index (χ2n) is 4.18. The van der Waals surface area contributed by atoms with Gasteiger partial charge in [-0.25, -0.2) is 0 Å². The lowest BCUT2D eigenvalue weighted by Gasteiger charge is -2.17. The van der Waals surface area contributed by atoms with Crippen LogP contribution in [0.1, 0.15) is 18.4 Å². The van der Waals surface area contributed by atoms with Crippen LogP contribution in [0.4, 0.5) is 0 Å². The smallest absolute Gasteiger partial charge is 0.137 e. The van der Waals surface area contributed by atoms with Crippen molar-refractivity contribution in [3.63, 3.8) is 0 Å². The maximum absolute atomic E-state index is 5.83. The monoisotopic (exact) mass is 285 g/mol. The number of hydrogen-bond donors (Lipinski definition) is 1. The van der Waals surface area contributed by atoms with Crippen molar-refractivity contribution in [1.29, 1.82) is 0 Å². The minimum Gasteiger partial charge on any atom is -0.495 e. The minimum atomic E-state index is 0.154. The number of methoxy groups -OCH3 is 2. The highest BCUT2D eigenvalue weighted by molar-refractivity contribution is 9.10. The molecule has 0 unspecified atom stereocenters. The lowest BCUT2D eigenvalue weighted by atomic mass is 9.96. The Bertz CT molecular complexity index is 377. The number of hydrogen-bond acceptors (Lipinski definition) is 3. The molecule has 0 heterocycles. The van der Waals surface area contributed by atoms with Gasteiger partial charge in [-0.05, 0) is 46.5 Å². The molecule has 0 amide bonds. The molecule has 0 bridgehead atoms. The summed E-state index contributed by atoms with van der Waals surface area (Å²) in [6, 6.07) is 4.10. The van der Waals surface area contributed by atoms with Crippen LogP contribution in [0.15, 0.2) is 16.6 Å². The number of ether oxygens (including phenoxy) is 2. The van der Waals surface area contributed by atoms with Crippen LogP contribution in [0.5, 0.6) is 11.5 Å². The summed E-state index contributed by atoms with van der Waals surface area (Å²) in [6.07, 6.45) is 2.30. The fourth-order valence-corrected chi connectivity index (χ4v) is 2.49. The largest absolute Gasteiger partial charge is 0.495 e. The second-order valence-corrected chi connectivity index (χ2v) is 4.97. The molecular weight excluding hydrogens is 270 g/mol. The van der Waals surface area contributed by atoms with Gasteiger partial charge in [0.1, 0.15) is 16.0 Å². The number of rotatable bonds is 4. The summed E-state index contributed by atoms with van der Waals surface area (Å²) in [5, 5.41) is 0. The zero-order chi connectivity index (χ0) is 11.8.